The minimum atomic E-state index is -0.996. The van der Waals surface area contributed by atoms with Crippen molar-refractivity contribution in [2.24, 2.45) is 0 Å². The third-order valence-electron chi connectivity index (χ3n) is 2.43. The molecule has 6 heteroatoms. The molecule has 2 fully saturated rings. The highest BCUT2D eigenvalue weighted by Gasteiger charge is 2.47. The average Bonchev–Trinajstić information content (AvgIpc) is 2.61. The second-order valence-electron chi connectivity index (χ2n) is 3.60. The monoisotopic (exact) mass is 217 g/mol. The van der Waals surface area contributed by atoms with E-state index in [9.17, 15) is 9.59 Å². The van der Waals surface area contributed by atoms with E-state index in [0.717, 1.165) is 17.9 Å². The van der Waals surface area contributed by atoms with Gasteiger partial charge in [-0.15, -0.1) is 0 Å². The summed E-state index contributed by atoms with van der Waals surface area (Å²) in [5.41, 5.74) is -0.406. The molecule has 0 aromatic carbocycles. The topological polar surface area (TPSA) is 66.8 Å². The molecule has 0 aliphatic carbocycles. The van der Waals surface area contributed by atoms with Gasteiger partial charge in [0.15, 0.2) is 0 Å². The lowest BCUT2D eigenvalue weighted by atomic mass is 10.0. The molecule has 2 aliphatic rings. The minimum absolute atomic E-state index is 0.259. The largest absolute Gasteiger partial charge is 0.480 e. The van der Waals surface area contributed by atoms with Crippen LogP contribution in [0.15, 0.2) is 0 Å². The molecule has 0 radical (unpaired) electrons. The molecule has 0 aromatic heterocycles. The Balaban J connectivity index is 2.02. The van der Waals surface area contributed by atoms with E-state index in [1.807, 2.05) is 0 Å². The third kappa shape index (κ3) is 1.66. The van der Waals surface area contributed by atoms with Crippen LogP contribution in [0.3, 0.4) is 0 Å². The molecule has 2 heterocycles. The van der Waals surface area contributed by atoms with Crippen LogP contribution in [0.2, 0.25) is 0 Å². The lowest BCUT2D eigenvalue weighted by Gasteiger charge is -2.18. The Labute approximate surface area is 85.4 Å². The predicted molar refractivity (Wildman–Crippen MR) is 50.4 cm³/mol. The maximum Gasteiger partial charge on any atom is 0.411 e. The number of thioether (sulfide) groups is 1. The van der Waals surface area contributed by atoms with Gasteiger partial charge in [-0.2, -0.15) is 11.8 Å². The summed E-state index contributed by atoms with van der Waals surface area (Å²) in [6.07, 6.45) is 0.342. The number of ether oxygens (including phenoxy) is 1. The SMILES string of the molecule is O=C(O)CN1CC2(CCSC2)OC1=O. The third-order valence-corrected chi connectivity index (χ3v) is 3.66. The fourth-order valence-corrected chi connectivity index (χ4v) is 3.10. The van der Waals surface area contributed by atoms with Crippen LogP contribution in [0.5, 0.6) is 0 Å². The van der Waals surface area contributed by atoms with Gasteiger partial charge in [0, 0.05) is 5.75 Å². The molecule has 1 atom stereocenters. The quantitative estimate of drug-likeness (QED) is 0.725. The zero-order chi connectivity index (χ0) is 10.2. The van der Waals surface area contributed by atoms with Crippen molar-refractivity contribution in [1.82, 2.24) is 4.90 Å². The second-order valence-corrected chi connectivity index (χ2v) is 4.71. The van der Waals surface area contributed by atoms with Gasteiger partial charge < -0.3 is 9.84 Å². The summed E-state index contributed by atoms with van der Waals surface area (Å²) in [5.74, 6) is 0.771. The molecule has 2 saturated heterocycles. The maximum absolute atomic E-state index is 11.3. The number of carbonyl (C=O) groups is 2. The maximum atomic E-state index is 11.3. The lowest BCUT2D eigenvalue weighted by Crippen LogP contribution is -2.36. The van der Waals surface area contributed by atoms with Crippen LogP contribution in [0, 0.1) is 0 Å². The van der Waals surface area contributed by atoms with E-state index < -0.39 is 17.7 Å². The van der Waals surface area contributed by atoms with E-state index in [1.165, 1.54) is 4.90 Å². The summed E-state index contributed by atoms with van der Waals surface area (Å²) in [6, 6.07) is 0. The number of hydrogen-bond acceptors (Lipinski definition) is 4. The zero-order valence-electron chi connectivity index (χ0n) is 7.56. The van der Waals surface area contributed by atoms with Gasteiger partial charge in [0.2, 0.25) is 0 Å². The van der Waals surface area contributed by atoms with Crippen molar-refractivity contribution < 1.29 is 19.4 Å². The molecule has 1 spiro atoms. The van der Waals surface area contributed by atoms with Gasteiger partial charge in [-0.25, -0.2) is 4.79 Å². The van der Waals surface area contributed by atoms with Crippen LogP contribution >= 0.6 is 11.8 Å². The van der Waals surface area contributed by atoms with Crippen molar-refractivity contribution in [2.75, 3.05) is 24.6 Å². The van der Waals surface area contributed by atoms with Gasteiger partial charge in [-0.05, 0) is 12.2 Å². The van der Waals surface area contributed by atoms with Crippen LogP contribution in [0.4, 0.5) is 4.79 Å². The highest BCUT2D eigenvalue weighted by molar-refractivity contribution is 7.99. The van der Waals surface area contributed by atoms with Gasteiger partial charge in [0.05, 0.1) is 6.54 Å². The molecule has 1 amide bonds. The molecule has 1 unspecified atom stereocenters. The first kappa shape index (κ1) is 9.64. The predicted octanol–water partition coefficient (Wildman–Crippen LogP) is 0.399. The van der Waals surface area contributed by atoms with Gasteiger partial charge in [-0.1, -0.05) is 0 Å². The summed E-state index contributed by atoms with van der Waals surface area (Å²) in [4.78, 5) is 23.0. The molecule has 1 N–H and O–H groups in total. The summed E-state index contributed by atoms with van der Waals surface area (Å²) < 4.78 is 5.23. The van der Waals surface area contributed by atoms with Crippen LogP contribution < -0.4 is 0 Å². The fraction of sp³-hybridized carbons (Fsp3) is 0.750. The van der Waals surface area contributed by atoms with Crippen molar-refractivity contribution >= 4 is 23.8 Å². The van der Waals surface area contributed by atoms with Gasteiger partial charge in [0.1, 0.15) is 12.1 Å². The zero-order valence-corrected chi connectivity index (χ0v) is 8.38. The molecule has 2 rings (SSSR count). The Morgan fingerprint density at radius 2 is 2.50 bits per heavy atom. The van der Waals surface area contributed by atoms with Crippen molar-refractivity contribution in [3.63, 3.8) is 0 Å². The van der Waals surface area contributed by atoms with Crippen molar-refractivity contribution in [2.45, 2.75) is 12.0 Å². The Bertz CT molecular complexity index is 275. The lowest BCUT2D eigenvalue weighted by molar-refractivity contribution is -0.137. The first-order valence-electron chi connectivity index (χ1n) is 4.39. The van der Waals surface area contributed by atoms with E-state index in [-0.39, 0.29) is 6.54 Å². The van der Waals surface area contributed by atoms with Crippen LogP contribution in [-0.2, 0) is 9.53 Å². The number of amides is 1. The van der Waals surface area contributed by atoms with Gasteiger partial charge >= 0.3 is 12.1 Å². The van der Waals surface area contributed by atoms with E-state index >= 15 is 0 Å². The van der Waals surface area contributed by atoms with Crippen molar-refractivity contribution in [3.8, 4) is 0 Å². The van der Waals surface area contributed by atoms with E-state index in [0.29, 0.717) is 6.54 Å². The molecular formula is C8H11NO4S. The second kappa shape index (κ2) is 3.34. The summed E-state index contributed by atoms with van der Waals surface area (Å²) >= 11 is 1.74. The number of carbonyl (C=O) groups excluding carboxylic acids is 1. The van der Waals surface area contributed by atoms with Crippen LogP contribution in [0.25, 0.3) is 0 Å². The van der Waals surface area contributed by atoms with E-state index in [4.69, 9.17) is 9.84 Å². The van der Waals surface area contributed by atoms with E-state index in [2.05, 4.69) is 0 Å². The Morgan fingerprint density at radius 1 is 1.71 bits per heavy atom. The highest BCUT2D eigenvalue weighted by atomic mass is 32.2. The number of nitrogens with zero attached hydrogens (tertiary/aromatic N) is 1. The smallest absolute Gasteiger partial charge is 0.411 e. The summed E-state index contributed by atoms with van der Waals surface area (Å²) in [6.45, 7) is 0.163. The van der Waals surface area contributed by atoms with E-state index in [1.54, 1.807) is 11.8 Å². The van der Waals surface area contributed by atoms with Gasteiger partial charge in [0.25, 0.3) is 0 Å². The molecule has 5 nitrogen and oxygen atoms in total. The molecule has 2 aliphatic heterocycles. The standard InChI is InChI=1S/C8H11NO4S/c10-6(11)3-9-4-8(13-7(9)12)1-2-14-5-8/h1-5H2,(H,10,11). The molecule has 0 aromatic rings. The van der Waals surface area contributed by atoms with Crippen LogP contribution in [0.1, 0.15) is 6.42 Å². The van der Waals surface area contributed by atoms with Crippen molar-refractivity contribution in [1.29, 1.82) is 0 Å². The Kier molecular flexibility index (Phi) is 2.30. The van der Waals surface area contributed by atoms with Gasteiger partial charge in [-0.3, -0.25) is 9.69 Å². The number of aliphatic carboxylic acids is 1. The number of rotatable bonds is 2. The number of hydrogen-bond donors (Lipinski definition) is 1. The molecule has 14 heavy (non-hydrogen) atoms. The minimum Gasteiger partial charge on any atom is -0.480 e. The Hall–Kier alpha value is -0.910. The molecule has 0 saturated carbocycles. The number of carboxylic acids is 1. The van der Waals surface area contributed by atoms with Crippen molar-refractivity contribution in [3.05, 3.63) is 0 Å². The molecular weight excluding hydrogens is 206 g/mol. The Morgan fingerprint density at radius 3 is 3.07 bits per heavy atom. The first-order chi connectivity index (χ1) is 6.61. The number of carboxylic acid groups (broad SMARTS) is 1. The normalized spacial score (nSPS) is 31.1. The average molecular weight is 217 g/mol. The first-order valence-corrected chi connectivity index (χ1v) is 5.54. The fourth-order valence-electron chi connectivity index (χ4n) is 1.77. The summed E-state index contributed by atoms with van der Waals surface area (Å²) in [5, 5.41) is 8.57. The van der Waals surface area contributed by atoms with Crippen LogP contribution in [-0.4, -0.2) is 52.3 Å². The molecule has 78 valence electrons. The molecule has 0 bridgehead atoms. The summed E-state index contributed by atoms with van der Waals surface area (Å²) in [7, 11) is 0. The highest BCUT2D eigenvalue weighted by Crippen LogP contribution is 2.36.